The maximum Gasteiger partial charge on any atom is 0.284 e. The quantitative estimate of drug-likeness (QED) is 0.708. The molecule has 0 aliphatic carbocycles. The van der Waals surface area contributed by atoms with Gasteiger partial charge in [0.25, 0.3) is 5.24 Å². The van der Waals surface area contributed by atoms with E-state index in [9.17, 15) is 4.79 Å². The highest BCUT2D eigenvalue weighted by molar-refractivity contribution is 8.13. The van der Waals surface area contributed by atoms with Crippen molar-refractivity contribution in [3.8, 4) is 0 Å². The number of benzene rings is 1. The minimum Gasteiger partial charge on any atom is -0.449 e. The van der Waals surface area contributed by atoms with Crippen LogP contribution in [0.3, 0.4) is 0 Å². The van der Waals surface area contributed by atoms with Crippen LogP contribution in [-0.4, -0.2) is 5.24 Å². The van der Waals surface area contributed by atoms with Crippen LogP contribution < -0.4 is 5.73 Å². The summed E-state index contributed by atoms with van der Waals surface area (Å²) in [6.45, 7) is 0. The van der Waals surface area contributed by atoms with E-state index in [0.717, 1.165) is 22.7 Å². The predicted octanol–water partition coefficient (Wildman–Crippen LogP) is 2.60. The number of thioether (sulfide) groups is 1. The summed E-state index contributed by atoms with van der Waals surface area (Å²) in [4.78, 5) is 10.6. The number of rotatable bonds is 1. The van der Waals surface area contributed by atoms with Gasteiger partial charge in [-0.1, -0.05) is 18.2 Å². The first-order valence-corrected chi connectivity index (χ1v) is 4.53. The zero-order valence-electron chi connectivity index (χ0n) is 6.69. The number of fused-ring (bicyclic) bond motifs is 1. The zero-order valence-corrected chi connectivity index (χ0v) is 7.51. The van der Waals surface area contributed by atoms with Crippen molar-refractivity contribution >= 4 is 28.0 Å². The Balaban J connectivity index is 2.44. The van der Waals surface area contributed by atoms with E-state index < -0.39 is 5.24 Å². The van der Waals surface area contributed by atoms with Gasteiger partial charge >= 0.3 is 0 Å². The third kappa shape index (κ3) is 1.67. The molecule has 3 nitrogen and oxygen atoms in total. The Morgan fingerprint density at radius 3 is 2.85 bits per heavy atom. The number of carbonyl (C=O) groups excluding carboxylic acids is 1. The van der Waals surface area contributed by atoms with Crippen molar-refractivity contribution in [3.05, 3.63) is 30.3 Å². The van der Waals surface area contributed by atoms with E-state index >= 15 is 0 Å². The van der Waals surface area contributed by atoms with E-state index in [2.05, 4.69) is 0 Å². The Morgan fingerprint density at radius 2 is 2.15 bits per heavy atom. The molecule has 2 rings (SSSR count). The number of furan rings is 1. The summed E-state index contributed by atoms with van der Waals surface area (Å²) in [6, 6.07) is 9.36. The maximum absolute atomic E-state index is 10.6. The molecule has 0 saturated carbocycles. The number of hydrogen-bond acceptors (Lipinski definition) is 3. The molecule has 0 bridgehead atoms. The van der Waals surface area contributed by atoms with Gasteiger partial charge in [0.2, 0.25) is 0 Å². The van der Waals surface area contributed by atoms with Crippen LogP contribution in [-0.2, 0) is 0 Å². The van der Waals surface area contributed by atoms with E-state index in [1.165, 1.54) is 0 Å². The standard InChI is InChI=1S/C9H7NO2S/c10-9(11)13-8-5-6-3-1-2-4-7(6)12-8/h1-5H,(H2,10,11). The van der Waals surface area contributed by atoms with Gasteiger partial charge in [-0.15, -0.1) is 0 Å². The van der Waals surface area contributed by atoms with E-state index in [-0.39, 0.29) is 0 Å². The van der Waals surface area contributed by atoms with Gasteiger partial charge in [-0.2, -0.15) is 0 Å². The Bertz CT molecular complexity index is 417. The normalized spacial score (nSPS) is 10.5. The highest BCUT2D eigenvalue weighted by Crippen LogP contribution is 2.26. The van der Waals surface area contributed by atoms with E-state index in [1.807, 2.05) is 24.3 Å². The van der Waals surface area contributed by atoms with Crippen molar-refractivity contribution in [2.45, 2.75) is 5.09 Å². The van der Waals surface area contributed by atoms with Gasteiger partial charge in [0.15, 0.2) is 5.09 Å². The molecular weight excluding hydrogens is 186 g/mol. The van der Waals surface area contributed by atoms with Crippen molar-refractivity contribution in [2.75, 3.05) is 0 Å². The number of para-hydroxylation sites is 1. The van der Waals surface area contributed by atoms with Crippen LogP contribution in [0.15, 0.2) is 39.8 Å². The van der Waals surface area contributed by atoms with Gasteiger partial charge in [-0.05, 0) is 12.1 Å². The minimum atomic E-state index is -0.459. The van der Waals surface area contributed by atoms with Crippen molar-refractivity contribution in [1.29, 1.82) is 0 Å². The molecule has 4 heteroatoms. The average molecular weight is 193 g/mol. The summed E-state index contributed by atoms with van der Waals surface area (Å²) in [5.74, 6) is 0. The number of carbonyl (C=O) groups is 1. The molecule has 1 aromatic carbocycles. The summed E-state index contributed by atoms with van der Waals surface area (Å²) in [5.41, 5.74) is 5.78. The molecule has 0 saturated heterocycles. The fourth-order valence-electron chi connectivity index (χ4n) is 1.11. The second-order valence-corrected chi connectivity index (χ2v) is 3.53. The minimum absolute atomic E-state index is 0.459. The third-order valence-corrected chi connectivity index (χ3v) is 2.21. The van der Waals surface area contributed by atoms with Gasteiger partial charge in [0.1, 0.15) is 5.58 Å². The SMILES string of the molecule is NC(=O)Sc1cc2ccccc2o1. The third-order valence-electron chi connectivity index (χ3n) is 1.60. The summed E-state index contributed by atoms with van der Waals surface area (Å²) < 4.78 is 5.34. The first kappa shape index (κ1) is 8.19. The second-order valence-electron chi connectivity index (χ2n) is 2.52. The van der Waals surface area contributed by atoms with Gasteiger partial charge in [-0.3, -0.25) is 4.79 Å². The molecular formula is C9H7NO2S. The Hall–Kier alpha value is -1.42. The van der Waals surface area contributed by atoms with Crippen molar-refractivity contribution < 1.29 is 9.21 Å². The molecule has 13 heavy (non-hydrogen) atoms. The van der Waals surface area contributed by atoms with Crippen LogP contribution in [0.2, 0.25) is 0 Å². The zero-order chi connectivity index (χ0) is 9.26. The lowest BCUT2D eigenvalue weighted by Gasteiger charge is -1.86. The molecule has 1 amide bonds. The summed E-state index contributed by atoms with van der Waals surface area (Å²) in [7, 11) is 0. The lowest BCUT2D eigenvalue weighted by molar-refractivity contribution is 0.267. The van der Waals surface area contributed by atoms with E-state index in [0.29, 0.717) is 5.09 Å². The number of nitrogens with two attached hydrogens (primary N) is 1. The first-order valence-electron chi connectivity index (χ1n) is 3.71. The van der Waals surface area contributed by atoms with Gasteiger partial charge in [0, 0.05) is 17.1 Å². The highest BCUT2D eigenvalue weighted by atomic mass is 32.2. The van der Waals surface area contributed by atoms with Gasteiger partial charge in [0.05, 0.1) is 0 Å². The molecule has 0 atom stereocenters. The lowest BCUT2D eigenvalue weighted by Crippen LogP contribution is -2.00. The molecule has 0 aliphatic heterocycles. The molecule has 0 spiro atoms. The van der Waals surface area contributed by atoms with Crippen molar-refractivity contribution in [2.24, 2.45) is 5.73 Å². The lowest BCUT2D eigenvalue weighted by atomic mass is 10.3. The van der Waals surface area contributed by atoms with Gasteiger partial charge in [-0.25, -0.2) is 0 Å². The molecule has 0 unspecified atom stereocenters. The first-order chi connectivity index (χ1) is 6.25. The molecule has 66 valence electrons. The van der Waals surface area contributed by atoms with Crippen LogP contribution in [0.5, 0.6) is 0 Å². The maximum atomic E-state index is 10.6. The molecule has 1 aromatic heterocycles. The monoisotopic (exact) mass is 193 g/mol. The van der Waals surface area contributed by atoms with Crippen LogP contribution >= 0.6 is 11.8 Å². The van der Waals surface area contributed by atoms with E-state index in [4.69, 9.17) is 10.2 Å². The van der Waals surface area contributed by atoms with Crippen LogP contribution in [0.4, 0.5) is 4.79 Å². The summed E-state index contributed by atoms with van der Waals surface area (Å²) in [5, 5.41) is 1.05. The number of primary amides is 1. The number of hydrogen-bond donors (Lipinski definition) is 1. The van der Waals surface area contributed by atoms with Crippen LogP contribution in [0, 0.1) is 0 Å². The molecule has 0 aliphatic rings. The van der Waals surface area contributed by atoms with Crippen molar-refractivity contribution in [3.63, 3.8) is 0 Å². The molecule has 0 radical (unpaired) electrons. The topological polar surface area (TPSA) is 56.2 Å². The molecule has 0 fully saturated rings. The number of amides is 1. The Morgan fingerprint density at radius 1 is 1.38 bits per heavy atom. The smallest absolute Gasteiger partial charge is 0.284 e. The molecule has 2 aromatic rings. The Kier molecular flexibility index (Phi) is 1.98. The van der Waals surface area contributed by atoms with Crippen LogP contribution in [0.1, 0.15) is 0 Å². The fraction of sp³-hybridized carbons (Fsp3) is 0. The Labute approximate surface area is 78.9 Å². The fourth-order valence-corrected chi connectivity index (χ4v) is 1.62. The second kappa shape index (κ2) is 3.14. The highest BCUT2D eigenvalue weighted by Gasteiger charge is 2.05. The largest absolute Gasteiger partial charge is 0.449 e. The molecule has 2 N–H and O–H groups in total. The molecule has 1 heterocycles. The predicted molar refractivity (Wildman–Crippen MR) is 51.7 cm³/mol. The average Bonchev–Trinajstić information content (AvgIpc) is 2.44. The summed E-state index contributed by atoms with van der Waals surface area (Å²) >= 11 is 0.896. The van der Waals surface area contributed by atoms with E-state index in [1.54, 1.807) is 6.07 Å². The van der Waals surface area contributed by atoms with Crippen molar-refractivity contribution in [1.82, 2.24) is 0 Å². The van der Waals surface area contributed by atoms with Crippen LogP contribution in [0.25, 0.3) is 11.0 Å². The van der Waals surface area contributed by atoms with Gasteiger partial charge < -0.3 is 10.2 Å². The summed E-state index contributed by atoms with van der Waals surface area (Å²) in [6.07, 6.45) is 0.